The topological polar surface area (TPSA) is 72.5 Å². The molecule has 0 spiro atoms. The summed E-state index contributed by atoms with van der Waals surface area (Å²) in [6.07, 6.45) is 3.47. The summed E-state index contributed by atoms with van der Waals surface area (Å²) in [5.41, 5.74) is 4.08. The van der Waals surface area contributed by atoms with E-state index in [1.165, 1.54) is 0 Å². The van der Waals surface area contributed by atoms with Crippen molar-refractivity contribution in [3.8, 4) is 11.5 Å². The van der Waals surface area contributed by atoms with Crippen molar-refractivity contribution in [3.63, 3.8) is 0 Å². The Morgan fingerprint density at radius 3 is 2.30 bits per heavy atom. The number of rotatable bonds is 9. The van der Waals surface area contributed by atoms with Gasteiger partial charge >= 0.3 is 0 Å². The van der Waals surface area contributed by atoms with E-state index < -0.39 is 0 Å². The maximum Gasteiger partial charge on any atom is 0.255 e. The zero-order valence-electron chi connectivity index (χ0n) is 18.3. The number of nitrogens with one attached hydrogen (secondary N) is 2. The Bertz CT molecular complexity index is 1180. The number of nitrogens with zero attached hydrogens (tertiary/aromatic N) is 1. The normalized spacial score (nSPS) is 10.3. The number of anilines is 3. The summed E-state index contributed by atoms with van der Waals surface area (Å²) in [6.45, 7) is 2.72. The predicted molar refractivity (Wildman–Crippen MR) is 130 cm³/mol. The Balaban J connectivity index is 1.41. The van der Waals surface area contributed by atoms with Gasteiger partial charge in [-0.3, -0.25) is 9.78 Å². The van der Waals surface area contributed by atoms with Crippen LogP contribution in [0.15, 0.2) is 97.3 Å². The number of carbonyl (C=O) groups excluding carboxylic acids is 1. The largest absolute Gasteiger partial charge is 0.490 e. The standard InChI is InChI=1S/C27H25N3O3/c1-2-32-26-17-21(10-15-25(26)33-19-20-7-6-16-28-18-20)27(31)30-24-13-11-23(12-14-24)29-22-8-4-3-5-9-22/h3-18,29H,2,19H2,1H3,(H,30,31). The second kappa shape index (κ2) is 10.8. The Kier molecular flexibility index (Phi) is 7.18. The molecule has 0 unspecified atom stereocenters. The molecule has 0 bridgehead atoms. The summed E-state index contributed by atoms with van der Waals surface area (Å²) in [5.74, 6) is 0.878. The van der Waals surface area contributed by atoms with Crippen LogP contribution in [0.4, 0.5) is 17.1 Å². The molecule has 6 nitrogen and oxygen atoms in total. The second-order valence-electron chi connectivity index (χ2n) is 7.27. The van der Waals surface area contributed by atoms with E-state index in [1.54, 1.807) is 30.6 Å². The van der Waals surface area contributed by atoms with Crippen molar-refractivity contribution in [1.82, 2.24) is 4.98 Å². The lowest BCUT2D eigenvalue weighted by Crippen LogP contribution is -2.12. The fourth-order valence-corrected chi connectivity index (χ4v) is 3.21. The molecular weight excluding hydrogens is 414 g/mol. The number of pyridine rings is 1. The average Bonchev–Trinajstić information content (AvgIpc) is 2.86. The first-order valence-corrected chi connectivity index (χ1v) is 10.7. The third kappa shape index (κ3) is 6.11. The molecule has 166 valence electrons. The summed E-state index contributed by atoms with van der Waals surface area (Å²) in [7, 11) is 0. The fraction of sp³-hybridized carbons (Fsp3) is 0.111. The Hall–Kier alpha value is -4.32. The van der Waals surface area contributed by atoms with Gasteiger partial charge in [0.05, 0.1) is 6.61 Å². The summed E-state index contributed by atoms with van der Waals surface area (Å²) < 4.78 is 11.6. The minimum atomic E-state index is -0.224. The molecule has 1 aromatic heterocycles. The number of amides is 1. The van der Waals surface area contributed by atoms with Crippen molar-refractivity contribution in [3.05, 3.63) is 108 Å². The highest BCUT2D eigenvalue weighted by Gasteiger charge is 2.12. The molecule has 0 aliphatic rings. The van der Waals surface area contributed by atoms with Crippen LogP contribution < -0.4 is 20.1 Å². The van der Waals surface area contributed by atoms with Crippen LogP contribution in [-0.4, -0.2) is 17.5 Å². The monoisotopic (exact) mass is 439 g/mol. The Morgan fingerprint density at radius 2 is 1.58 bits per heavy atom. The third-order valence-electron chi connectivity index (χ3n) is 4.83. The van der Waals surface area contributed by atoms with E-state index >= 15 is 0 Å². The van der Waals surface area contributed by atoms with Crippen LogP contribution in [0, 0.1) is 0 Å². The molecule has 4 rings (SSSR count). The van der Waals surface area contributed by atoms with Crippen molar-refractivity contribution in [1.29, 1.82) is 0 Å². The molecule has 0 radical (unpaired) electrons. The van der Waals surface area contributed by atoms with Crippen molar-refractivity contribution in [2.75, 3.05) is 17.2 Å². The number of hydrogen-bond donors (Lipinski definition) is 2. The van der Waals surface area contributed by atoms with Crippen molar-refractivity contribution >= 4 is 23.0 Å². The van der Waals surface area contributed by atoms with Crippen molar-refractivity contribution in [2.45, 2.75) is 13.5 Å². The van der Waals surface area contributed by atoms with Gasteiger partial charge in [0.25, 0.3) is 5.91 Å². The first-order valence-electron chi connectivity index (χ1n) is 10.7. The van der Waals surface area contributed by atoms with E-state index in [9.17, 15) is 4.79 Å². The van der Waals surface area contributed by atoms with Gasteiger partial charge in [-0.2, -0.15) is 0 Å². The van der Waals surface area contributed by atoms with Crippen LogP contribution in [0.2, 0.25) is 0 Å². The molecular formula is C27H25N3O3. The Labute approximate surface area is 193 Å². The molecule has 1 amide bonds. The zero-order chi connectivity index (χ0) is 22.9. The summed E-state index contributed by atoms with van der Waals surface area (Å²) in [5, 5.41) is 6.25. The van der Waals surface area contributed by atoms with Crippen molar-refractivity contribution in [2.24, 2.45) is 0 Å². The van der Waals surface area contributed by atoms with Gasteiger partial charge in [0, 0.05) is 40.6 Å². The Morgan fingerprint density at radius 1 is 0.818 bits per heavy atom. The number of aromatic nitrogens is 1. The number of benzene rings is 3. The van der Waals surface area contributed by atoms with E-state index in [-0.39, 0.29) is 5.91 Å². The van der Waals surface area contributed by atoms with E-state index in [1.807, 2.05) is 73.7 Å². The van der Waals surface area contributed by atoms with E-state index in [4.69, 9.17) is 9.47 Å². The molecule has 0 saturated heterocycles. The lowest BCUT2D eigenvalue weighted by Gasteiger charge is -2.14. The van der Waals surface area contributed by atoms with Gasteiger partial charge in [0.1, 0.15) is 6.61 Å². The number of carbonyl (C=O) groups is 1. The zero-order valence-corrected chi connectivity index (χ0v) is 18.3. The second-order valence-corrected chi connectivity index (χ2v) is 7.27. The van der Waals surface area contributed by atoms with Gasteiger partial charge in [0.2, 0.25) is 0 Å². The number of para-hydroxylation sites is 1. The molecule has 0 saturated carbocycles. The summed E-state index contributed by atoms with van der Waals surface area (Å²) in [6, 6.07) is 26.4. The van der Waals surface area contributed by atoms with Gasteiger partial charge in [0.15, 0.2) is 11.5 Å². The molecule has 0 fully saturated rings. The minimum Gasteiger partial charge on any atom is -0.490 e. The highest BCUT2D eigenvalue weighted by atomic mass is 16.5. The highest BCUT2D eigenvalue weighted by Crippen LogP contribution is 2.30. The quantitative estimate of drug-likeness (QED) is 0.332. The van der Waals surface area contributed by atoms with Crippen LogP contribution >= 0.6 is 0 Å². The highest BCUT2D eigenvalue weighted by molar-refractivity contribution is 6.04. The number of hydrogen-bond acceptors (Lipinski definition) is 5. The van der Waals surface area contributed by atoms with E-state index in [0.29, 0.717) is 36.0 Å². The molecule has 4 aromatic rings. The van der Waals surface area contributed by atoms with Gasteiger partial charge in [-0.25, -0.2) is 0 Å². The third-order valence-corrected chi connectivity index (χ3v) is 4.83. The lowest BCUT2D eigenvalue weighted by atomic mass is 10.1. The van der Waals surface area contributed by atoms with Gasteiger partial charge in [-0.15, -0.1) is 0 Å². The fourth-order valence-electron chi connectivity index (χ4n) is 3.21. The SMILES string of the molecule is CCOc1cc(C(=O)Nc2ccc(Nc3ccccc3)cc2)ccc1OCc1cccnc1. The molecule has 2 N–H and O–H groups in total. The average molecular weight is 440 g/mol. The molecule has 0 aliphatic heterocycles. The van der Waals surface area contributed by atoms with Crippen LogP contribution in [0.3, 0.4) is 0 Å². The van der Waals surface area contributed by atoms with Gasteiger partial charge in [-0.1, -0.05) is 24.3 Å². The first-order chi connectivity index (χ1) is 16.2. The van der Waals surface area contributed by atoms with E-state index in [0.717, 1.165) is 16.9 Å². The van der Waals surface area contributed by atoms with Crippen LogP contribution in [0.5, 0.6) is 11.5 Å². The minimum absolute atomic E-state index is 0.224. The van der Waals surface area contributed by atoms with Gasteiger partial charge in [-0.05, 0) is 67.6 Å². The molecule has 0 aliphatic carbocycles. The molecule has 3 aromatic carbocycles. The smallest absolute Gasteiger partial charge is 0.255 e. The predicted octanol–water partition coefficient (Wildman–Crippen LogP) is 6.06. The number of ether oxygens (including phenoxy) is 2. The first kappa shape index (κ1) is 21.9. The summed E-state index contributed by atoms with van der Waals surface area (Å²) in [4.78, 5) is 16.9. The molecule has 33 heavy (non-hydrogen) atoms. The van der Waals surface area contributed by atoms with Crippen LogP contribution in [0.25, 0.3) is 0 Å². The maximum absolute atomic E-state index is 12.8. The van der Waals surface area contributed by atoms with E-state index in [2.05, 4.69) is 15.6 Å². The van der Waals surface area contributed by atoms with Gasteiger partial charge < -0.3 is 20.1 Å². The lowest BCUT2D eigenvalue weighted by molar-refractivity contribution is 0.102. The van der Waals surface area contributed by atoms with Crippen LogP contribution in [0.1, 0.15) is 22.8 Å². The maximum atomic E-state index is 12.8. The summed E-state index contributed by atoms with van der Waals surface area (Å²) >= 11 is 0. The molecule has 6 heteroatoms. The molecule has 1 heterocycles. The molecule has 0 atom stereocenters. The van der Waals surface area contributed by atoms with Crippen LogP contribution in [-0.2, 0) is 6.61 Å². The van der Waals surface area contributed by atoms with Crippen molar-refractivity contribution < 1.29 is 14.3 Å².